The molecule has 4 nitrogen and oxygen atoms in total. The molecule has 0 saturated carbocycles. The van der Waals surface area contributed by atoms with Crippen LogP contribution < -0.4 is 4.72 Å². The van der Waals surface area contributed by atoms with E-state index in [2.05, 4.69) is 10.8 Å². The predicted octanol–water partition coefficient (Wildman–Crippen LogP) is 2.71. The van der Waals surface area contributed by atoms with Crippen LogP contribution in [0.15, 0.2) is 18.2 Å². The van der Waals surface area contributed by atoms with Crippen molar-refractivity contribution in [1.29, 1.82) is 0 Å². The molecule has 1 aromatic rings. The van der Waals surface area contributed by atoms with E-state index in [4.69, 9.17) is 4.74 Å². The third-order valence-corrected chi connectivity index (χ3v) is 5.52. The van der Waals surface area contributed by atoms with Crippen LogP contribution in [0, 0.1) is 19.8 Å². The summed E-state index contributed by atoms with van der Waals surface area (Å²) in [6.07, 6.45) is 1.66. The summed E-state index contributed by atoms with van der Waals surface area (Å²) in [5, 5.41) is 0. The molecule has 0 bridgehead atoms. The summed E-state index contributed by atoms with van der Waals surface area (Å²) in [7, 11) is -3.26. The Bertz CT molecular complexity index is 557. The number of benzene rings is 1. The van der Waals surface area contributed by atoms with Gasteiger partial charge in [-0.1, -0.05) is 29.3 Å². The van der Waals surface area contributed by atoms with Crippen LogP contribution >= 0.6 is 0 Å². The first kappa shape index (κ1) is 16.5. The Kier molecular flexibility index (Phi) is 5.41. The first-order valence-corrected chi connectivity index (χ1v) is 9.17. The first-order valence-electron chi connectivity index (χ1n) is 7.51. The fourth-order valence-corrected chi connectivity index (χ4v) is 4.59. The smallest absolute Gasteiger partial charge is 0.212 e. The molecule has 0 aromatic heterocycles. The summed E-state index contributed by atoms with van der Waals surface area (Å²) < 4.78 is 32.7. The van der Waals surface area contributed by atoms with E-state index in [0.29, 0.717) is 13.2 Å². The molecule has 1 aliphatic rings. The third-order valence-electron chi connectivity index (χ3n) is 3.90. The van der Waals surface area contributed by atoms with Gasteiger partial charge in [0.1, 0.15) is 0 Å². The molecule has 1 fully saturated rings. The van der Waals surface area contributed by atoms with Gasteiger partial charge in [0.05, 0.1) is 5.75 Å². The van der Waals surface area contributed by atoms with Crippen LogP contribution in [0.3, 0.4) is 0 Å². The van der Waals surface area contributed by atoms with Crippen molar-refractivity contribution < 1.29 is 13.2 Å². The van der Waals surface area contributed by atoms with E-state index < -0.39 is 10.0 Å². The largest absolute Gasteiger partial charge is 0.381 e. The quantitative estimate of drug-likeness (QED) is 0.909. The summed E-state index contributed by atoms with van der Waals surface area (Å²) in [6, 6.07) is 5.96. The number of rotatable bonds is 5. The minimum absolute atomic E-state index is 0.200. The number of hydrogen-bond donors (Lipinski definition) is 1. The van der Waals surface area contributed by atoms with Crippen LogP contribution in [-0.4, -0.2) is 27.4 Å². The Balaban J connectivity index is 2.01. The van der Waals surface area contributed by atoms with Crippen LogP contribution in [0.4, 0.5) is 0 Å². The molecule has 2 rings (SSSR count). The van der Waals surface area contributed by atoms with Gasteiger partial charge >= 0.3 is 0 Å². The fraction of sp³-hybridized carbons (Fsp3) is 0.625. The van der Waals surface area contributed by atoms with Crippen LogP contribution in [-0.2, 0) is 14.8 Å². The molecule has 1 aliphatic heterocycles. The Morgan fingerprint density at radius 2 is 1.76 bits per heavy atom. The van der Waals surface area contributed by atoms with Gasteiger partial charge in [-0.15, -0.1) is 0 Å². The highest BCUT2D eigenvalue weighted by Crippen LogP contribution is 2.20. The normalized spacial score (nSPS) is 18.6. The third kappa shape index (κ3) is 5.09. The molecule has 118 valence electrons. The van der Waals surface area contributed by atoms with Gasteiger partial charge in [0.15, 0.2) is 0 Å². The highest BCUT2D eigenvalue weighted by Gasteiger charge is 2.23. The molecule has 0 unspecified atom stereocenters. The van der Waals surface area contributed by atoms with Crippen molar-refractivity contribution in [3.63, 3.8) is 0 Å². The Morgan fingerprint density at radius 3 is 2.33 bits per heavy atom. The van der Waals surface area contributed by atoms with Crippen molar-refractivity contribution >= 4 is 10.0 Å². The van der Waals surface area contributed by atoms with Crippen LogP contribution in [0.25, 0.3) is 0 Å². The van der Waals surface area contributed by atoms with Gasteiger partial charge in [0.25, 0.3) is 0 Å². The van der Waals surface area contributed by atoms with Gasteiger partial charge in [0, 0.05) is 19.3 Å². The minimum Gasteiger partial charge on any atom is -0.381 e. The number of hydrogen-bond acceptors (Lipinski definition) is 3. The van der Waals surface area contributed by atoms with Gasteiger partial charge in [0.2, 0.25) is 10.0 Å². The van der Waals surface area contributed by atoms with Crippen LogP contribution in [0.5, 0.6) is 0 Å². The second-order valence-electron chi connectivity index (χ2n) is 6.10. The van der Waals surface area contributed by atoms with E-state index in [1.54, 1.807) is 0 Å². The van der Waals surface area contributed by atoms with Crippen molar-refractivity contribution in [2.75, 3.05) is 19.0 Å². The highest BCUT2D eigenvalue weighted by molar-refractivity contribution is 7.89. The molecule has 1 aromatic carbocycles. The molecular formula is C16H25NO3S. The summed E-state index contributed by atoms with van der Waals surface area (Å²) in [4.78, 5) is 0. The zero-order valence-electron chi connectivity index (χ0n) is 13.1. The van der Waals surface area contributed by atoms with Crippen molar-refractivity contribution in [2.24, 2.45) is 5.92 Å². The molecule has 0 aliphatic carbocycles. The topological polar surface area (TPSA) is 55.4 Å². The average molecular weight is 311 g/mol. The van der Waals surface area contributed by atoms with Crippen LogP contribution in [0.1, 0.15) is 42.5 Å². The number of aryl methyl sites for hydroxylation is 2. The molecule has 1 saturated heterocycles. The van der Waals surface area contributed by atoms with Crippen molar-refractivity contribution in [3.05, 3.63) is 34.9 Å². The summed E-state index contributed by atoms with van der Waals surface area (Å²) in [6.45, 7) is 7.30. The Morgan fingerprint density at radius 1 is 1.19 bits per heavy atom. The molecule has 1 atom stereocenters. The lowest BCUT2D eigenvalue weighted by atomic mass is 10.0. The van der Waals surface area contributed by atoms with Crippen molar-refractivity contribution in [1.82, 2.24) is 4.72 Å². The number of nitrogens with one attached hydrogen (secondary N) is 1. The minimum atomic E-state index is -3.26. The van der Waals surface area contributed by atoms with Gasteiger partial charge in [-0.25, -0.2) is 13.1 Å². The molecule has 1 N–H and O–H groups in total. The SMILES string of the molecule is Cc1cc(C)cc([C@H](C)NS(=O)(=O)CC2CCOCC2)c1. The molecule has 21 heavy (non-hydrogen) atoms. The van der Waals surface area contributed by atoms with Gasteiger partial charge in [-0.3, -0.25) is 0 Å². The van der Waals surface area contributed by atoms with Crippen molar-refractivity contribution in [2.45, 2.75) is 39.7 Å². The van der Waals surface area contributed by atoms with Crippen LogP contribution in [0.2, 0.25) is 0 Å². The molecular weight excluding hydrogens is 286 g/mol. The molecule has 0 amide bonds. The van der Waals surface area contributed by atoms with E-state index in [9.17, 15) is 8.42 Å². The number of sulfonamides is 1. The zero-order valence-corrected chi connectivity index (χ0v) is 13.9. The van der Waals surface area contributed by atoms with Gasteiger partial charge < -0.3 is 4.74 Å². The summed E-state index contributed by atoms with van der Waals surface area (Å²) >= 11 is 0. The van der Waals surface area contributed by atoms with Crippen molar-refractivity contribution in [3.8, 4) is 0 Å². The summed E-state index contributed by atoms with van der Waals surface area (Å²) in [5.74, 6) is 0.411. The molecule has 0 radical (unpaired) electrons. The molecule has 1 heterocycles. The van der Waals surface area contributed by atoms with E-state index in [0.717, 1.165) is 29.5 Å². The zero-order chi connectivity index (χ0) is 15.5. The Labute approximate surface area is 127 Å². The first-order chi connectivity index (χ1) is 9.85. The van der Waals surface area contributed by atoms with Gasteiger partial charge in [-0.2, -0.15) is 0 Å². The van der Waals surface area contributed by atoms with E-state index >= 15 is 0 Å². The lowest BCUT2D eigenvalue weighted by Crippen LogP contribution is -2.33. The molecule has 0 spiro atoms. The van der Waals surface area contributed by atoms with Gasteiger partial charge in [-0.05, 0) is 45.1 Å². The van der Waals surface area contributed by atoms with E-state index in [-0.39, 0.29) is 17.7 Å². The standard InChI is InChI=1S/C16H25NO3S/c1-12-8-13(2)10-16(9-12)14(3)17-21(18,19)11-15-4-6-20-7-5-15/h8-10,14-15,17H,4-7,11H2,1-3H3/t14-/m0/s1. The summed E-state index contributed by atoms with van der Waals surface area (Å²) in [5.41, 5.74) is 3.32. The maximum Gasteiger partial charge on any atom is 0.212 e. The Hall–Kier alpha value is -0.910. The maximum atomic E-state index is 12.3. The molecule has 5 heteroatoms. The average Bonchev–Trinajstić information content (AvgIpc) is 2.37. The predicted molar refractivity (Wildman–Crippen MR) is 84.8 cm³/mol. The fourth-order valence-electron chi connectivity index (χ4n) is 2.87. The van der Waals surface area contributed by atoms with E-state index in [1.807, 2.05) is 32.9 Å². The second kappa shape index (κ2) is 6.90. The lowest BCUT2D eigenvalue weighted by Gasteiger charge is -2.23. The lowest BCUT2D eigenvalue weighted by molar-refractivity contribution is 0.0723. The highest BCUT2D eigenvalue weighted by atomic mass is 32.2. The van der Waals surface area contributed by atoms with E-state index in [1.165, 1.54) is 0 Å². The monoisotopic (exact) mass is 311 g/mol. The number of ether oxygens (including phenoxy) is 1. The second-order valence-corrected chi connectivity index (χ2v) is 7.90. The maximum absolute atomic E-state index is 12.3.